The molecule has 0 saturated carbocycles. The summed E-state index contributed by atoms with van der Waals surface area (Å²) in [6.07, 6.45) is -0.0972. The zero-order valence-corrected chi connectivity index (χ0v) is 11.2. The Kier molecular flexibility index (Phi) is 5.94. The van der Waals surface area contributed by atoms with Crippen LogP contribution in [0.1, 0.15) is 23.1 Å². The van der Waals surface area contributed by atoms with Crippen LogP contribution >= 0.6 is 0 Å². The molecule has 0 aliphatic rings. The van der Waals surface area contributed by atoms with E-state index in [4.69, 9.17) is 4.74 Å². The van der Waals surface area contributed by atoms with Gasteiger partial charge in [0.2, 0.25) is 0 Å². The van der Waals surface area contributed by atoms with E-state index in [2.05, 4.69) is 19.8 Å². The van der Waals surface area contributed by atoms with Gasteiger partial charge in [-0.3, -0.25) is 4.79 Å². The maximum atomic E-state index is 11.5. The lowest BCUT2D eigenvalue weighted by molar-refractivity contribution is -0.139. The van der Waals surface area contributed by atoms with Gasteiger partial charge in [-0.05, 0) is 6.92 Å². The largest absolute Gasteiger partial charge is 0.469 e. The third-order valence-corrected chi connectivity index (χ3v) is 2.41. The van der Waals surface area contributed by atoms with Crippen molar-refractivity contribution in [3.8, 4) is 0 Å². The van der Waals surface area contributed by atoms with Gasteiger partial charge < -0.3 is 14.2 Å². The smallest absolute Gasteiger partial charge is 0.360 e. The van der Waals surface area contributed by atoms with Crippen LogP contribution in [0.3, 0.4) is 0 Å². The summed E-state index contributed by atoms with van der Waals surface area (Å²) < 4.78 is 15.8. The van der Waals surface area contributed by atoms with Crippen LogP contribution < -0.4 is 0 Å². The SMILES string of the molecule is CCOCCn1nnc(C(=O)OC)c1CC(=O)OC. The lowest BCUT2D eigenvalue weighted by atomic mass is 10.2. The van der Waals surface area contributed by atoms with Crippen molar-refractivity contribution < 1.29 is 23.8 Å². The normalized spacial score (nSPS) is 10.3. The molecule has 1 rings (SSSR count). The zero-order chi connectivity index (χ0) is 14.3. The monoisotopic (exact) mass is 271 g/mol. The first-order chi connectivity index (χ1) is 9.13. The minimum absolute atomic E-state index is 0.0180. The van der Waals surface area contributed by atoms with E-state index < -0.39 is 11.9 Å². The number of carbonyl (C=O) groups excluding carboxylic acids is 2. The molecule has 1 aromatic rings. The summed E-state index contributed by atoms with van der Waals surface area (Å²) in [6.45, 7) is 3.25. The number of ether oxygens (including phenoxy) is 3. The summed E-state index contributed by atoms with van der Waals surface area (Å²) in [6, 6.07) is 0. The molecule has 0 fully saturated rings. The number of nitrogens with zero attached hydrogens (tertiary/aromatic N) is 3. The molecule has 0 atom stereocenters. The minimum atomic E-state index is -0.637. The van der Waals surface area contributed by atoms with E-state index in [1.807, 2.05) is 6.92 Å². The molecule has 0 bridgehead atoms. The Labute approximate surface area is 110 Å². The van der Waals surface area contributed by atoms with E-state index in [1.54, 1.807) is 0 Å². The number of hydrogen-bond acceptors (Lipinski definition) is 7. The van der Waals surface area contributed by atoms with E-state index in [-0.39, 0.29) is 12.1 Å². The fraction of sp³-hybridized carbons (Fsp3) is 0.636. The molecule has 19 heavy (non-hydrogen) atoms. The molecule has 0 aliphatic carbocycles. The summed E-state index contributed by atoms with van der Waals surface area (Å²) in [5.41, 5.74) is 0.378. The van der Waals surface area contributed by atoms with E-state index >= 15 is 0 Å². The summed E-state index contributed by atoms with van der Waals surface area (Å²) in [5, 5.41) is 7.55. The maximum absolute atomic E-state index is 11.5. The second-order valence-electron chi connectivity index (χ2n) is 3.55. The average Bonchev–Trinajstić information content (AvgIpc) is 2.81. The van der Waals surface area contributed by atoms with Gasteiger partial charge >= 0.3 is 11.9 Å². The van der Waals surface area contributed by atoms with E-state index in [1.165, 1.54) is 18.9 Å². The lowest BCUT2D eigenvalue weighted by Gasteiger charge is -2.06. The van der Waals surface area contributed by atoms with Crippen LogP contribution in [-0.2, 0) is 32.0 Å². The van der Waals surface area contributed by atoms with Crippen molar-refractivity contribution >= 4 is 11.9 Å². The highest BCUT2D eigenvalue weighted by Gasteiger charge is 2.22. The summed E-state index contributed by atoms with van der Waals surface area (Å²) in [4.78, 5) is 22.9. The molecule has 8 heteroatoms. The minimum Gasteiger partial charge on any atom is -0.469 e. The topological polar surface area (TPSA) is 92.5 Å². The number of esters is 2. The molecule has 0 aliphatic heterocycles. The van der Waals surface area contributed by atoms with Crippen molar-refractivity contribution in [3.05, 3.63) is 11.4 Å². The highest BCUT2D eigenvalue weighted by atomic mass is 16.5. The Balaban J connectivity index is 2.92. The predicted molar refractivity (Wildman–Crippen MR) is 63.6 cm³/mol. The Morgan fingerprint density at radius 3 is 2.58 bits per heavy atom. The Bertz CT molecular complexity index is 444. The molecular weight excluding hydrogens is 254 g/mol. The molecule has 0 unspecified atom stereocenters. The van der Waals surface area contributed by atoms with Gasteiger partial charge in [-0.2, -0.15) is 0 Å². The lowest BCUT2D eigenvalue weighted by Crippen LogP contribution is -2.17. The molecule has 1 aromatic heterocycles. The van der Waals surface area contributed by atoms with E-state index in [9.17, 15) is 9.59 Å². The van der Waals surface area contributed by atoms with Gasteiger partial charge in [0.15, 0.2) is 5.69 Å². The molecular formula is C11H17N3O5. The van der Waals surface area contributed by atoms with Gasteiger partial charge in [-0.15, -0.1) is 5.10 Å². The average molecular weight is 271 g/mol. The molecule has 1 heterocycles. The first kappa shape index (κ1) is 15.1. The Morgan fingerprint density at radius 2 is 2.00 bits per heavy atom. The van der Waals surface area contributed by atoms with Crippen LogP contribution in [0, 0.1) is 0 Å². The quantitative estimate of drug-likeness (QED) is 0.501. The van der Waals surface area contributed by atoms with Crippen molar-refractivity contribution in [3.63, 3.8) is 0 Å². The Hall–Kier alpha value is -1.96. The van der Waals surface area contributed by atoms with Crippen molar-refractivity contribution in [2.75, 3.05) is 27.4 Å². The molecule has 8 nitrogen and oxygen atoms in total. The zero-order valence-electron chi connectivity index (χ0n) is 11.2. The van der Waals surface area contributed by atoms with Crippen molar-refractivity contribution in [1.29, 1.82) is 0 Å². The second-order valence-corrected chi connectivity index (χ2v) is 3.55. The number of rotatable bonds is 7. The molecule has 0 radical (unpaired) electrons. The molecule has 0 spiro atoms. The van der Waals surface area contributed by atoms with Crippen LogP contribution in [0.5, 0.6) is 0 Å². The first-order valence-electron chi connectivity index (χ1n) is 5.79. The summed E-state index contributed by atoms with van der Waals surface area (Å²) in [7, 11) is 2.51. The van der Waals surface area contributed by atoms with Gasteiger partial charge in [0.1, 0.15) is 0 Å². The van der Waals surface area contributed by atoms with Crippen LogP contribution in [0.2, 0.25) is 0 Å². The summed E-state index contributed by atoms with van der Waals surface area (Å²) in [5.74, 6) is -1.12. The molecule has 0 N–H and O–H groups in total. The number of methoxy groups -OCH3 is 2. The van der Waals surface area contributed by atoms with Crippen LogP contribution in [-0.4, -0.2) is 54.4 Å². The molecule has 0 aromatic carbocycles. The fourth-order valence-electron chi connectivity index (χ4n) is 1.45. The van der Waals surface area contributed by atoms with E-state index in [0.29, 0.717) is 25.5 Å². The molecule has 0 saturated heterocycles. The molecule has 106 valence electrons. The van der Waals surface area contributed by atoms with Crippen LogP contribution in [0.25, 0.3) is 0 Å². The van der Waals surface area contributed by atoms with E-state index in [0.717, 1.165) is 0 Å². The van der Waals surface area contributed by atoms with Crippen LogP contribution in [0.15, 0.2) is 0 Å². The first-order valence-corrected chi connectivity index (χ1v) is 5.79. The Morgan fingerprint density at radius 1 is 1.26 bits per heavy atom. The standard InChI is InChI=1S/C11H17N3O5/c1-4-19-6-5-14-8(7-9(15)17-2)10(12-13-14)11(16)18-3/h4-7H2,1-3H3. The number of aromatic nitrogens is 3. The van der Waals surface area contributed by atoms with Gasteiger partial charge in [0, 0.05) is 6.61 Å². The van der Waals surface area contributed by atoms with Gasteiger partial charge in [-0.25, -0.2) is 9.48 Å². The third-order valence-electron chi connectivity index (χ3n) is 2.41. The fourth-order valence-corrected chi connectivity index (χ4v) is 1.45. The highest BCUT2D eigenvalue weighted by Crippen LogP contribution is 2.09. The molecule has 0 amide bonds. The van der Waals surface area contributed by atoms with Crippen LogP contribution in [0.4, 0.5) is 0 Å². The van der Waals surface area contributed by atoms with Gasteiger partial charge in [0.25, 0.3) is 0 Å². The van der Waals surface area contributed by atoms with Crippen molar-refractivity contribution in [2.24, 2.45) is 0 Å². The van der Waals surface area contributed by atoms with Gasteiger partial charge in [0.05, 0.1) is 39.5 Å². The predicted octanol–water partition coefficient (Wildman–Crippen LogP) is -0.183. The summed E-state index contributed by atoms with van der Waals surface area (Å²) >= 11 is 0. The number of carbonyl (C=O) groups is 2. The van der Waals surface area contributed by atoms with Crippen molar-refractivity contribution in [1.82, 2.24) is 15.0 Å². The third kappa shape index (κ3) is 4.02. The highest BCUT2D eigenvalue weighted by molar-refractivity contribution is 5.89. The number of hydrogen-bond donors (Lipinski definition) is 0. The second kappa shape index (κ2) is 7.47. The maximum Gasteiger partial charge on any atom is 0.360 e. The van der Waals surface area contributed by atoms with Gasteiger partial charge in [-0.1, -0.05) is 5.21 Å². The van der Waals surface area contributed by atoms with Crippen molar-refractivity contribution in [2.45, 2.75) is 19.9 Å².